The third-order valence-corrected chi connectivity index (χ3v) is 6.06. The van der Waals surface area contributed by atoms with Crippen LogP contribution in [-0.2, 0) is 16.6 Å². The van der Waals surface area contributed by atoms with Crippen LogP contribution in [-0.4, -0.2) is 36.8 Å². The predicted octanol–water partition coefficient (Wildman–Crippen LogP) is 1.33. The van der Waals surface area contributed by atoms with Crippen LogP contribution in [0.25, 0.3) is 0 Å². The van der Waals surface area contributed by atoms with Gasteiger partial charge in [0.15, 0.2) is 0 Å². The fourth-order valence-electron chi connectivity index (χ4n) is 2.83. The van der Waals surface area contributed by atoms with Gasteiger partial charge in [0.1, 0.15) is 4.90 Å². The first-order valence-electron chi connectivity index (χ1n) is 7.58. The van der Waals surface area contributed by atoms with Crippen molar-refractivity contribution >= 4 is 10.0 Å². The van der Waals surface area contributed by atoms with Gasteiger partial charge in [0.25, 0.3) is 0 Å². The summed E-state index contributed by atoms with van der Waals surface area (Å²) in [5.41, 5.74) is 0.990. The molecule has 1 aromatic rings. The number of likely N-dealkylation sites (N-methyl/N-ethyl adjacent to an activating group) is 1. The van der Waals surface area contributed by atoms with E-state index in [9.17, 15) is 8.42 Å². The summed E-state index contributed by atoms with van der Waals surface area (Å²) in [6.07, 6.45) is 2.89. The summed E-state index contributed by atoms with van der Waals surface area (Å²) in [7, 11) is -3.50. The van der Waals surface area contributed by atoms with Gasteiger partial charge in [-0.15, -0.1) is 0 Å². The van der Waals surface area contributed by atoms with Crippen LogP contribution in [0.5, 0.6) is 0 Å². The third kappa shape index (κ3) is 3.46. The first kappa shape index (κ1) is 16.5. The molecule has 0 unspecified atom stereocenters. The molecule has 0 bridgehead atoms. The molecule has 1 fully saturated rings. The Morgan fingerprint density at radius 2 is 2.00 bits per heavy atom. The maximum atomic E-state index is 12.6. The van der Waals surface area contributed by atoms with E-state index in [2.05, 4.69) is 15.1 Å². The number of hydrogen-bond donors (Lipinski definition) is 2. The van der Waals surface area contributed by atoms with Crippen molar-refractivity contribution in [2.75, 3.05) is 13.1 Å². The number of nitrogens with zero attached hydrogens (tertiary/aromatic N) is 2. The van der Waals surface area contributed by atoms with Crippen molar-refractivity contribution in [3.8, 4) is 0 Å². The van der Waals surface area contributed by atoms with E-state index in [1.165, 1.54) is 0 Å². The van der Waals surface area contributed by atoms with Crippen LogP contribution >= 0.6 is 0 Å². The first-order chi connectivity index (χ1) is 9.79. The molecule has 0 aromatic carbocycles. The molecule has 120 valence electrons. The fourth-order valence-corrected chi connectivity index (χ4v) is 4.71. The Balaban J connectivity index is 2.22. The average molecular weight is 314 g/mol. The second kappa shape index (κ2) is 6.06. The second-order valence-corrected chi connectivity index (χ2v) is 7.72. The van der Waals surface area contributed by atoms with Crippen LogP contribution in [0.1, 0.15) is 44.5 Å². The lowest BCUT2D eigenvalue weighted by atomic mass is 9.80. The van der Waals surface area contributed by atoms with Gasteiger partial charge < -0.3 is 5.32 Å². The lowest BCUT2D eigenvalue weighted by molar-refractivity contribution is 0.248. The van der Waals surface area contributed by atoms with Gasteiger partial charge in [-0.05, 0) is 46.6 Å². The third-order valence-electron chi connectivity index (χ3n) is 4.17. The van der Waals surface area contributed by atoms with E-state index in [0.29, 0.717) is 22.8 Å². The zero-order chi connectivity index (χ0) is 15.7. The van der Waals surface area contributed by atoms with E-state index in [1.54, 1.807) is 11.6 Å². The summed E-state index contributed by atoms with van der Waals surface area (Å²) in [4.78, 5) is 0.340. The fraction of sp³-hybridized carbons (Fsp3) is 0.786. The number of sulfonamides is 1. The highest BCUT2D eigenvalue weighted by Crippen LogP contribution is 2.33. The Morgan fingerprint density at radius 3 is 2.52 bits per heavy atom. The van der Waals surface area contributed by atoms with E-state index in [-0.39, 0.29) is 5.54 Å². The van der Waals surface area contributed by atoms with Gasteiger partial charge in [0, 0.05) is 12.1 Å². The standard InChI is InChI=1S/C14H26N4O2S/c1-5-15-9-10-18-12(3)13(11(2)16-18)21(19,20)17-14(4)7-6-8-14/h15,17H,5-10H2,1-4H3. The summed E-state index contributed by atoms with van der Waals surface area (Å²) in [6.45, 7) is 9.94. The normalized spacial score (nSPS) is 17.7. The molecule has 1 aliphatic rings. The summed E-state index contributed by atoms with van der Waals surface area (Å²) < 4.78 is 29.9. The molecular formula is C14H26N4O2S. The lowest BCUT2D eigenvalue weighted by Crippen LogP contribution is -2.50. The maximum Gasteiger partial charge on any atom is 0.244 e. The van der Waals surface area contributed by atoms with Crippen molar-refractivity contribution in [3.05, 3.63) is 11.4 Å². The molecule has 1 aliphatic carbocycles. The van der Waals surface area contributed by atoms with Crippen LogP contribution in [0.3, 0.4) is 0 Å². The van der Waals surface area contributed by atoms with Crippen molar-refractivity contribution in [1.29, 1.82) is 0 Å². The smallest absolute Gasteiger partial charge is 0.244 e. The minimum absolute atomic E-state index is 0.288. The Hall–Kier alpha value is -0.920. The monoisotopic (exact) mass is 314 g/mol. The van der Waals surface area contributed by atoms with Crippen LogP contribution < -0.4 is 10.0 Å². The topological polar surface area (TPSA) is 76.0 Å². The van der Waals surface area contributed by atoms with Gasteiger partial charge in [0.05, 0.1) is 17.9 Å². The van der Waals surface area contributed by atoms with Crippen LogP contribution in [0.4, 0.5) is 0 Å². The highest BCUT2D eigenvalue weighted by molar-refractivity contribution is 7.89. The van der Waals surface area contributed by atoms with Crippen molar-refractivity contribution < 1.29 is 8.42 Å². The quantitative estimate of drug-likeness (QED) is 0.745. The molecule has 0 atom stereocenters. The second-order valence-electron chi connectivity index (χ2n) is 6.10. The zero-order valence-corrected chi connectivity index (χ0v) is 14.2. The summed E-state index contributed by atoms with van der Waals surface area (Å²) in [5.74, 6) is 0. The minimum Gasteiger partial charge on any atom is -0.315 e. The minimum atomic E-state index is -3.50. The van der Waals surface area contributed by atoms with E-state index >= 15 is 0 Å². The van der Waals surface area contributed by atoms with Crippen molar-refractivity contribution in [1.82, 2.24) is 19.8 Å². The van der Waals surface area contributed by atoms with Crippen LogP contribution in [0, 0.1) is 13.8 Å². The molecule has 0 saturated heterocycles. The number of aryl methyl sites for hydroxylation is 1. The Kier molecular flexibility index (Phi) is 4.75. The molecule has 0 spiro atoms. The van der Waals surface area contributed by atoms with Crippen LogP contribution in [0.15, 0.2) is 4.90 Å². The molecule has 2 rings (SSSR count). The summed E-state index contributed by atoms with van der Waals surface area (Å²) in [5, 5.41) is 7.60. The Labute approximate surface area is 127 Å². The molecule has 1 saturated carbocycles. The van der Waals surface area contributed by atoms with Gasteiger partial charge in [-0.2, -0.15) is 5.10 Å². The molecule has 1 aromatic heterocycles. The number of rotatable bonds is 7. The molecule has 1 heterocycles. The maximum absolute atomic E-state index is 12.6. The largest absolute Gasteiger partial charge is 0.315 e. The van der Waals surface area contributed by atoms with Crippen molar-refractivity contribution in [3.63, 3.8) is 0 Å². The van der Waals surface area contributed by atoms with Gasteiger partial charge in [0.2, 0.25) is 10.0 Å². The summed E-state index contributed by atoms with van der Waals surface area (Å²) in [6, 6.07) is 0. The molecule has 0 radical (unpaired) electrons. The van der Waals surface area contributed by atoms with Crippen LogP contribution in [0.2, 0.25) is 0 Å². The Bertz CT molecular complexity index is 603. The Morgan fingerprint density at radius 1 is 1.33 bits per heavy atom. The molecule has 2 N–H and O–H groups in total. The molecule has 21 heavy (non-hydrogen) atoms. The molecular weight excluding hydrogens is 288 g/mol. The zero-order valence-electron chi connectivity index (χ0n) is 13.4. The first-order valence-corrected chi connectivity index (χ1v) is 9.06. The number of aromatic nitrogens is 2. The number of hydrogen-bond acceptors (Lipinski definition) is 4. The van der Waals surface area contributed by atoms with E-state index in [1.807, 2.05) is 20.8 Å². The predicted molar refractivity (Wildman–Crippen MR) is 82.8 cm³/mol. The van der Waals surface area contributed by atoms with Gasteiger partial charge >= 0.3 is 0 Å². The SMILES string of the molecule is CCNCCn1nc(C)c(S(=O)(=O)NC2(C)CCC2)c1C. The lowest BCUT2D eigenvalue weighted by Gasteiger charge is -2.38. The van der Waals surface area contributed by atoms with Gasteiger partial charge in [-0.1, -0.05) is 6.92 Å². The number of nitrogens with one attached hydrogen (secondary N) is 2. The van der Waals surface area contributed by atoms with Crippen molar-refractivity contribution in [2.45, 2.75) is 63.9 Å². The molecule has 0 amide bonds. The van der Waals surface area contributed by atoms with Gasteiger partial charge in [-0.3, -0.25) is 4.68 Å². The summed E-state index contributed by atoms with van der Waals surface area (Å²) >= 11 is 0. The van der Waals surface area contributed by atoms with E-state index < -0.39 is 10.0 Å². The molecule has 7 heteroatoms. The van der Waals surface area contributed by atoms with E-state index in [0.717, 1.165) is 32.4 Å². The van der Waals surface area contributed by atoms with Gasteiger partial charge in [-0.25, -0.2) is 13.1 Å². The highest BCUT2D eigenvalue weighted by Gasteiger charge is 2.38. The average Bonchev–Trinajstić information content (AvgIpc) is 2.63. The van der Waals surface area contributed by atoms with E-state index in [4.69, 9.17) is 0 Å². The highest BCUT2D eigenvalue weighted by atomic mass is 32.2. The molecule has 6 nitrogen and oxygen atoms in total. The van der Waals surface area contributed by atoms with Crippen molar-refractivity contribution in [2.24, 2.45) is 0 Å². The molecule has 0 aliphatic heterocycles.